The molecule has 1 aromatic carbocycles. The summed E-state index contributed by atoms with van der Waals surface area (Å²) in [5.74, 6) is 0. The van der Waals surface area contributed by atoms with Gasteiger partial charge in [0.2, 0.25) is 0 Å². The van der Waals surface area contributed by atoms with Gasteiger partial charge in [0.15, 0.2) is 0 Å². The average Bonchev–Trinajstić information content (AvgIpc) is 2.80. The number of rotatable bonds is 1. The zero-order chi connectivity index (χ0) is 13.0. The Morgan fingerprint density at radius 3 is 2.39 bits per heavy atom. The van der Waals surface area contributed by atoms with E-state index in [4.69, 9.17) is 9.31 Å². The van der Waals surface area contributed by atoms with Gasteiger partial charge >= 0.3 is 7.12 Å². The van der Waals surface area contributed by atoms with Gasteiger partial charge in [-0.3, -0.25) is 0 Å². The van der Waals surface area contributed by atoms with Gasteiger partial charge in [0.1, 0.15) is 0 Å². The maximum Gasteiger partial charge on any atom is 0.494 e. The Labute approximate surface area is 109 Å². The summed E-state index contributed by atoms with van der Waals surface area (Å²) < 4.78 is 12.1. The van der Waals surface area contributed by atoms with Crippen LogP contribution >= 0.6 is 0 Å². The van der Waals surface area contributed by atoms with Crippen LogP contribution in [0.1, 0.15) is 38.8 Å². The summed E-state index contributed by atoms with van der Waals surface area (Å²) >= 11 is 0. The van der Waals surface area contributed by atoms with Crippen molar-refractivity contribution < 1.29 is 9.31 Å². The first kappa shape index (κ1) is 12.0. The van der Waals surface area contributed by atoms with Gasteiger partial charge in [-0.25, -0.2) is 0 Å². The van der Waals surface area contributed by atoms with E-state index in [1.807, 2.05) is 0 Å². The first-order valence-corrected chi connectivity index (χ1v) is 6.54. The molecule has 2 aliphatic rings. The number of fused-ring (bicyclic) bond motifs is 1. The second-order valence-corrected chi connectivity index (χ2v) is 6.15. The number of benzene rings is 1. The molecule has 94 valence electrons. The highest BCUT2D eigenvalue weighted by atomic mass is 16.7. The van der Waals surface area contributed by atoms with E-state index in [0.717, 1.165) is 11.9 Å². The van der Waals surface area contributed by atoms with E-state index in [-0.39, 0.29) is 18.3 Å². The minimum Gasteiger partial charge on any atom is -0.399 e. The Morgan fingerprint density at radius 2 is 1.72 bits per heavy atom. The van der Waals surface area contributed by atoms with Crippen LogP contribution in [0.2, 0.25) is 0 Å². The third kappa shape index (κ3) is 1.73. The van der Waals surface area contributed by atoms with E-state index in [9.17, 15) is 0 Å². The highest BCUT2D eigenvalue weighted by Crippen LogP contribution is 2.36. The zero-order valence-corrected chi connectivity index (χ0v) is 11.5. The molecule has 3 heteroatoms. The Hall–Kier alpha value is -1.06. The number of allylic oxidation sites excluding steroid dienone is 1. The molecule has 0 unspecified atom stereocenters. The van der Waals surface area contributed by atoms with Crippen LogP contribution in [-0.4, -0.2) is 18.3 Å². The van der Waals surface area contributed by atoms with Gasteiger partial charge in [-0.05, 0) is 50.7 Å². The first-order chi connectivity index (χ1) is 8.39. The monoisotopic (exact) mass is 242 g/mol. The van der Waals surface area contributed by atoms with Crippen molar-refractivity contribution in [2.24, 2.45) is 0 Å². The molecule has 0 radical (unpaired) electrons. The summed E-state index contributed by atoms with van der Waals surface area (Å²) in [4.78, 5) is 0. The van der Waals surface area contributed by atoms with Crippen molar-refractivity contribution in [3.63, 3.8) is 0 Å². The van der Waals surface area contributed by atoms with E-state index in [2.05, 4.69) is 58.0 Å². The third-order valence-electron chi connectivity index (χ3n) is 4.33. The molecule has 1 fully saturated rings. The van der Waals surface area contributed by atoms with Crippen LogP contribution in [0, 0.1) is 0 Å². The lowest BCUT2D eigenvalue weighted by atomic mass is 9.78. The van der Waals surface area contributed by atoms with E-state index in [1.54, 1.807) is 0 Å². The smallest absolute Gasteiger partial charge is 0.399 e. The lowest BCUT2D eigenvalue weighted by molar-refractivity contribution is 0.00578. The van der Waals surface area contributed by atoms with E-state index in [0.29, 0.717) is 0 Å². The molecule has 1 aromatic rings. The number of hydrogen-bond donors (Lipinski definition) is 0. The van der Waals surface area contributed by atoms with Crippen LogP contribution in [0.4, 0.5) is 0 Å². The van der Waals surface area contributed by atoms with Crippen LogP contribution in [0.3, 0.4) is 0 Å². The highest BCUT2D eigenvalue weighted by Gasteiger charge is 2.51. The first-order valence-electron chi connectivity index (χ1n) is 6.54. The zero-order valence-electron chi connectivity index (χ0n) is 11.5. The van der Waals surface area contributed by atoms with Crippen LogP contribution < -0.4 is 5.46 Å². The van der Waals surface area contributed by atoms with Gasteiger partial charge < -0.3 is 9.31 Å². The van der Waals surface area contributed by atoms with Gasteiger partial charge in [-0.1, -0.05) is 30.4 Å². The molecule has 0 bridgehead atoms. The fourth-order valence-corrected chi connectivity index (χ4v) is 2.39. The molecule has 0 N–H and O–H groups in total. The Kier molecular flexibility index (Phi) is 2.48. The molecule has 0 atom stereocenters. The summed E-state index contributed by atoms with van der Waals surface area (Å²) in [5, 5.41) is 0. The summed E-state index contributed by atoms with van der Waals surface area (Å²) in [7, 11) is -0.255. The van der Waals surface area contributed by atoms with Crippen molar-refractivity contribution >= 4 is 18.7 Å². The minimum atomic E-state index is -0.271. The van der Waals surface area contributed by atoms with Crippen molar-refractivity contribution in [1.29, 1.82) is 0 Å². The highest BCUT2D eigenvalue weighted by molar-refractivity contribution is 6.62. The lowest BCUT2D eigenvalue weighted by Crippen LogP contribution is -2.41. The molecule has 18 heavy (non-hydrogen) atoms. The normalized spacial score (nSPS) is 23.4. The molecule has 0 aromatic heterocycles. The van der Waals surface area contributed by atoms with Gasteiger partial charge in [-0.15, -0.1) is 0 Å². The minimum absolute atomic E-state index is 0.255. The molecule has 1 aliphatic carbocycles. The Balaban J connectivity index is 1.91. The predicted octanol–water partition coefficient (Wildman–Crippen LogP) is 2.56. The molecule has 0 spiro atoms. The quantitative estimate of drug-likeness (QED) is 0.704. The van der Waals surface area contributed by atoms with Crippen LogP contribution in [0.5, 0.6) is 0 Å². The molecular weight excluding hydrogens is 223 g/mol. The summed E-state index contributed by atoms with van der Waals surface area (Å²) in [6.45, 7) is 8.33. The maximum absolute atomic E-state index is 6.06. The molecule has 3 rings (SSSR count). The second kappa shape index (κ2) is 3.72. The largest absolute Gasteiger partial charge is 0.494 e. The van der Waals surface area contributed by atoms with E-state index < -0.39 is 0 Å². The fourth-order valence-electron chi connectivity index (χ4n) is 2.39. The van der Waals surface area contributed by atoms with Gasteiger partial charge in [-0.2, -0.15) is 0 Å². The van der Waals surface area contributed by atoms with Crippen molar-refractivity contribution in [2.75, 3.05) is 0 Å². The molecule has 0 saturated carbocycles. The summed E-state index contributed by atoms with van der Waals surface area (Å²) in [6.07, 6.45) is 5.40. The standard InChI is InChI=1S/C15H19BO2/c1-14(2)15(3,4)18-16(17-14)13-9-8-11-6-5-7-12(11)10-13/h5,7-10H,6H2,1-4H3. The topological polar surface area (TPSA) is 18.5 Å². The molecule has 1 aliphatic heterocycles. The summed E-state index contributed by atoms with van der Waals surface area (Å²) in [5.41, 5.74) is 3.25. The number of hydrogen-bond acceptors (Lipinski definition) is 2. The Morgan fingerprint density at radius 1 is 1.06 bits per heavy atom. The van der Waals surface area contributed by atoms with Crippen molar-refractivity contribution in [1.82, 2.24) is 0 Å². The fraction of sp³-hybridized carbons (Fsp3) is 0.467. The van der Waals surface area contributed by atoms with Crippen LogP contribution in [0.25, 0.3) is 6.08 Å². The van der Waals surface area contributed by atoms with Gasteiger partial charge in [0.25, 0.3) is 0 Å². The molecule has 0 amide bonds. The molecule has 2 nitrogen and oxygen atoms in total. The Bertz CT molecular complexity index is 501. The molecule has 1 saturated heterocycles. The maximum atomic E-state index is 6.06. The molecular formula is C15H19BO2. The van der Waals surface area contributed by atoms with E-state index in [1.165, 1.54) is 11.1 Å². The van der Waals surface area contributed by atoms with E-state index >= 15 is 0 Å². The third-order valence-corrected chi connectivity index (χ3v) is 4.33. The average molecular weight is 242 g/mol. The SMILES string of the molecule is CC1(C)OB(c2ccc3c(c2)C=CC3)OC1(C)C. The summed E-state index contributed by atoms with van der Waals surface area (Å²) in [6, 6.07) is 6.48. The second-order valence-electron chi connectivity index (χ2n) is 6.15. The molecule has 1 heterocycles. The van der Waals surface area contributed by atoms with Crippen molar-refractivity contribution in [3.8, 4) is 0 Å². The van der Waals surface area contributed by atoms with Crippen LogP contribution in [0.15, 0.2) is 24.3 Å². The van der Waals surface area contributed by atoms with Crippen LogP contribution in [-0.2, 0) is 15.7 Å². The lowest BCUT2D eigenvalue weighted by Gasteiger charge is -2.32. The predicted molar refractivity (Wildman–Crippen MR) is 74.9 cm³/mol. The van der Waals surface area contributed by atoms with Crippen molar-refractivity contribution in [3.05, 3.63) is 35.4 Å². The van der Waals surface area contributed by atoms with Crippen molar-refractivity contribution in [2.45, 2.75) is 45.3 Å². The van der Waals surface area contributed by atoms with Gasteiger partial charge in [0.05, 0.1) is 11.2 Å². The van der Waals surface area contributed by atoms with Gasteiger partial charge in [0, 0.05) is 0 Å².